The van der Waals surface area contributed by atoms with Gasteiger partial charge in [-0.05, 0) is 43.5 Å². The van der Waals surface area contributed by atoms with Crippen LogP contribution in [0.2, 0.25) is 0 Å². The molecule has 142 valence electrons. The molecule has 0 bridgehead atoms. The van der Waals surface area contributed by atoms with Crippen LogP contribution in [0.25, 0.3) is 0 Å². The molecule has 0 unspecified atom stereocenters. The number of benzene rings is 2. The summed E-state index contributed by atoms with van der Waals surface area (Å²) in [7, 11) is 0. The summed E-state index contributed by atoms with van der Waals surface area (Å²) in [5.41, 5.74) is 1.61. The molecule has 2 amide bonds. The highest BCUT2D eigenvalue weighted by Gasteiger charge is 2.24. The van der Waals surface area contributed by atoms with Crippen molar-refractivity contribution in [2.75, 3.05) is 19.7 Å². The van der Waals surface area contributed by atoms with Crippen LogP contribution in [0.15, 0.2) is 48.5 Å². The van der Waals surface area contributed by atoms with Crippen molar-refractivity contribution >= 4 is 11.8 Å². The quantitative estimate of drug-likeness (QED) is 0.880. The maximum atomic E-state index is 13.5. The Morgan fingerprint density at radius 1 is 1.11 bits per heavy atom. The third-order valence-corrected chi connectivity index (χ3v) is 4.76. The van der Waals surface area contributed by atoms with E-state index < -0.39 is 5.82 Å². The molecular formula is C21H23FN2O3. The van der Waals surface area contributed by atoms with E-state index in [1.807, 2.05) is 31.2 Å². The van der Waals surface area contributed by atoms with Gasteiger partial charge >= 0.3 is 0 Å². The minimum absolute atomic E-state index is 0.0358. The van der Waals surface area contributed by atoms with Crippen LogP contribution in [-0.4, -0.2) is 42.5 Å². The number of carbonyl (C=O) groups is 2. The zero-order chi connectivity index (χ0) is 19.2. The predicted molar refractivity (Wildman–Crippen MR) is 100 cm³/mol. The molecule has 6 heteroatoms. The first-order chi connectivity index (χ1) is 13.0. The normalized spacial score (nSPS) is 14.7. The smallest absolute Gasteiger partial charge is 0.260 e. The molecule has 1 N–H and O–H groups in total. The molecule has 0 aliphatic carbocycles. The molecule has 27 heavy (non-hydrogen) atoms. The van der Waals surface area contributed by atoms with E-state index in [1.54, 1.807) is 17.0 Å². The number of carbonyl (C=O) groups excluding carboxylic acids is 2. The Morgan fingerprint density at radius 3 is 2.48 bits per heavy atom. The second kappa shape index (κ2) is 8.66. The molecular weight excluding hydrogens is 347 g/mol. The Bertz CT molecular complexity index is 817. The van der Waals surface area contributed by atoms with E-state index in [2.05, 4.69) is 5.32 Å². The van der Waals surface area contributed by atoms with Gasteiger partial charge in [-0.25, -0.2) is 4.39 Å². The third kappa shape index (κ3) is 4.84. The lowest BCUT2D eigenvalue weighted by Gasteiger charge is -2.32. The van der Waals surface area contributed by atoms with Crippen molar-refractivity contribution in [3.63, 3.8) is 0 Å². The van der Waals surface area contributed by atoms with Gasteiger partial charge in [0, 0.05) is 24.7 Å². The van der Waals surface area contributed by atoms with E-state index in [0.717, 1.165) is 5.56 Å². The summed E-state index contributed by atoms with van der Waals surface area (Å²) in [6, 6.07) is 13.5. The number of ether oxygens (including phenoxy) is 1. The molecule has 0 saturated carbocycles. The van der Waals surface area contributed by atoms with Crippen LogP contribution < -0.4 is 10.1 Å². The topological polar surface area (TPSA) is 58.6 Å². The van der Waals surface area contributed by atoms with E-state index in [-0.39, 0.29) is 30.2 Å². The summed E-state index contributed by atoms with van der Waals surface area (Å²) in [4.78, 5) is 26.4. The summed E-state index contributed by atoms with van der Waals surface area (Å²) in [5, 5.41) is 3.04. The Balaban J connectivity index is 1.46. The van der Waals surface area contributed by atoms with Gasteiger partial charge in [0.25, 0.3) is 11.8 Å². The zero-order valence-corrected chi connectivity index (χ0v) is 15.3. The van der Waals surface area contributed by atoms with Gasteiger partial charge in [0.05, 0.1) is 0 Å². The minimum atomic E-state index is -0.483. The van der Waals surface area contributed by atoms with E-state index in [4.69, 9.17) is 4.74 Å². The van der Waals surface area contributed by atoms with Crippen LogP contribution in [0, 0.1) is 12.7 Å². The fourth-order valence-corrected chi connectivity index (χ4v) is 3.16. The predicted octanol–water partition coefficient (Wildman–Crippen LogP) is 2.93. The molecule has 5 nitrogen and oxygen atoms in total. The van der Waals surface area contributed by atoms with Crippen LogP contribution in [0.5, 0.6) is 5.75 Å². The molecule has 1 aliphatic heterocycles. The minimum Gasteiger partial charge on any atom is -0.481 e. The first kappa shape index (κ1) is 18.9. The van der Waals surface area contributed by atoms with E-state index in [0.29, 0.717) is 31.5 Å². The molecule has 2 aromatic rings. The largest absolute Gasteiger partial charge is 0.481 e. The SMILES string of the molecule is Cc1ccccc1C(=O)NC1CCN(C(=O)COc2ccccc2F)CC1. The number of nitrogens with zero attached hydrogens (tertiary/aromatic N) is 1. The van der Waals surface area contributed by atoms with Crippen molar-refractivity contribution in [2.45, 2.75) is 25.8 Å². The summed E-state index contributed by atoms with van der Waals surface area (Å²) in [6.07, 6.45) is 1.37. The van der Waals surface area contributed by atoms with Gasteiger partial charge in [-0.2, -0.15) is 0 Å². The molecule has 0 atom stereocenters. The van der Waals surface area contributed by atoms with Gasteiger partial charge in [0.1, 0.15) is 0 Å². The Hall–Kier alpha value is -2.89. The second-order valence-corrected chi connectivity index (χ2v) is 6.66. The number of hydrogen-bond donors (Lipinski definition) is 1. The van der Waals surface area contributed by atoms with Crippen LogP contribution >= 0.6 is 0 Å². The fourth-order valence-electron chi connectivity index (χ4n) is 3.16. The fraction of sp³-hybridized carbons (Fsp3) is 0.333. The summed E-state index contributed by atoms with van der Waals surface area (Å²) in [6.45, 7) is 2.79. The standard InChI is InChI=1S/C21H23FN2O3/c1-15-6-2-3-7-17(15)21(26)23-16-10-12-24(13-11-16)20(25)14-27-19-9-5-4-8-18(19)22/h2-9,16H,10-14H2,1H3,(H,23,26). The molecule has 1 saturated heterocycles. The van der Waals surface area contributed by atoms with Crippen LogP contribution in [0.3, 0.4) is 0 Å². The number of hydrogen-bond acceptors (Lipinski definition) is 3. The van der Waals surface area contributed by atoms with Crippen molar-refractivity contribution in [3.8, 4) is 5.75 Å². The lowest BCUT2D eigenvalue weighted by Crippen LogP contribution is -2.47. The lowest BCUT2D eigenvalue weighted by atomic mass is 10.0. The van der Waals surface area contributed by atoms with Gasteiger partial charge in [-0.3, -0.25) is 9.59 Å². The van der Waals surface area contributed by atoms with Crippen molar-refractivity contribution in [3.05, 3.63) is 65.5 Å². The number of aryl methyl sites for hydroxylation is 1. The van der Waals surface area contributed by atoms with Gasteiger partial charge < -0.3 is 15.0 Å². The van der Waals surface area contributed by atoms with Crippen LogP contribution in [0.1, 0.15) is 28.8 Å². The summed E-state index contributed by atoms with van der Waals surface area (Å²) in [5.74, 6) is -0.670. The first-order valence-corrected chi connectivity index (χ1v) is 9.06. The number of piperidine rings is 1. The van der Waals surface area contributed by atoms with E-state index in [1.165, 1.54) is 12.1 Å². The van der Waals surface area contributed by atoms with Gasteiger partial charge in [0.15, 0.2) is 18.2 Å². The molecule has 0 aromatic heterocycles. The van der Waals surface area contributed by atoms with E-state index in [9.17, 15) is 14.0 Å². The molecule has 3 rings (SSSR count). The highest BCUT2D eigenvalue weighted by Crippen LogP contribution is 2.17. The molecule has 2 aromatic carbocycles. The van der Waals surface area contributed by atoms with E-state index >= 15 is 0 Å². The zero-order valence-electron chi connectivity index (χ0n) is 15.3. The summed E-state index contributed by atoms with van der Waals surface area (Å²) >= 11 is 0. The van der Waals surface area contributed by atoms with Crippen LogP contribution in [0.4, 0.5) is 4.39 Å². The average molecular weight is 370 g/mol. The molecule has 1 fully saturated rings. The van der Waals surface area contributed by atoms with Crippen molar-refractivity contribution in [1.82, 2.24) is 10.2 Å². The number of amides is 2. The maximum absolute atomic E-state index is 13.5. The van der Waals surface area contributed by atoms with Gasteiger partial charge in [-0.15, -0.1) is 0 Å². The number of rotatable bonds is 5. The molecule has 0 spiro atoms. The third-order valence-electron chi connectivity index (χ3n) is 4.76. The summed E-state index contributed by atoms with van der Waals surface area (Å²) < 4.78 is 18.8. The maximum Gasteiger partial charge on any atom is 0.260 e. The highest BCUT2D eigenvalue weighted by molar-refractivity contribution is 5.95. The highest BCUT2D eigenvalue weighted by atomic mass is 19.1. The van der Waals surface area contributed by atoms with Crippen LogP contribution in [-0.2, 0) is 4.79 Å². The van der Waals surface area contributed by atoms with Crippen molar-refractivity contribution in [2.24, 2.45) is 0 Å². The monoisotopic (exact) mass is 370 g/mol. The second-order valence-electron chi connectivity index (χ2n) is 6.66. The van der Waals surface area contributed by atoms with Crippen molar-refractivity contribution in [1.29, 1.82) is 0 Å². The number of para-hydroxylation sites is 1. The molecule has 1 heterocycles. The van der Waals surface area contributed by atoms with Gasteiger partial charge in [-0.1, -0.05) is 30.3 Å². The lowest BCUT2D eigenvalue weighted by molar-refractivity contribution is -0.134. The number of nitrogens with one attached hydrogen (secondary N) is 1. The number of halogens is 1. The first-order valence-electron chi connectivity index (χ1n) is 9.06. The van der Waals surface area contributed by atoms with Crippen molar-refractivity contribution < 1.29 is 18.7 Å². The molecule has 0 radical (unpaired) electrons. The number of likely N-dealkylation sites (tertiary alicyclic amines) is 1. The molecule has 1 aliphatic rings. The average Bonchev–Trinajstić information content (AvgIpc) is 2.68. The van der Waals surface area contributed by atoms with Gasteiger partial charge in [0.2, 0.25) is 0 Å². The Morgan fingerprint density at radius 2 is 1.78 bits per heavy atom. The Kier molecular flexibility index (Phi) is 6.06. The Labute approximate surface area is 158 Å².